The van der Waals surface area contributed by atoms with Crippen molar-refractivity contribution >= 4 is 11.0 Å². The van der Waals surface area contributed by atoms with Gasteiger partial charge in [-0.15, -0.1) is 0 Å². The van der Waals surface area contributed by atoms with Gasteiger partial charge in [-0.2, -0.15) is 13.2 Å². The van der Waals surface area contributed by atoms with Gasteiger partial charge >= 0.3 is 11.9 Å². The maximum atomic E-state index is 13.0. The van der Waals surface area contributed by atoms with Gasteiger partial charge in [0.2, 0.25) is 0 Å². The molecule has 0 bridgehead atoms. The Morgan fingerprint density at radius 3 is 2.40 bits per heavy atom. The number of aromatic amines is 1. The molecule has 0 atom stereocenters. The van der Waals surface area contributed by atoms with Crippen LogP contribution in [0.2, 0.25) is 0 Å². The highest BCUT2D eigenvalue weighted by Crippen LogP contribution is 2.32. The number of imidazole rings is 1. The van der Waals surface area contributed by atoms with Crippen molar-refractivity contribution in [2.45, 2.75) is 12.7 Å². The van der Waals surface area contributed by atoms with Crippen LogP contribution >= 0.6 is 0 Å². The van der Waals surface area contributed by atoms with E-state index in [9.17, 15) is 22.4 Å². The average Bonchev–Trinajstić information content (AvgIpc) is 3.03. The summed E-state index contributed by atoms with van der Waals surface area (Å²) in [6.45, 7) is 0.437. The summed E-state index contributed by atoms with van der Waals surface area (Å²) in [5.74, 6) is 0.114. The first-order valence-electron chi connectivity index (χ1n) is 9.10. The lowest BCUT2D eigenvalue weighted by Crippen LogP contribution is -2.20. The number of ether oxygens (including phenoxy) is 1. The maximum Gasteiger partial charge on any atom is 0.416 e. The molecule has 4 rings (SSSR count). The SMILES string of the molecule is O=c1[nH]c2cc(-c3cccc(C(F)(F)F)c3)ccc2n1CCOc1ccc(F)cc1. The number of halogens is 4. The molecule has 1 heterocycles. The first-order valence-corrected chi connectivity index (χ1v) is 9.10. The van der Waals surface area contributed by atoms with Crippen LogP contribution in [0.15, 0.2) is 71.5 Å². The highest BCUT2D eigenvalue weighted by Gasteiger charge is 2.30. The van der Waals surface area contributed by atoms with Crippen molar-refractivity contribution in [3.63, 3.8) is 0 Å². The number of H-pyrrole nitrogens is 1. The number of nitrogens with one attached hydrogen (secondary N) is 1. The molecule has 154 valence electrons. The Morgan fingerprint density at radius 1 is 0.933 bits per heavy atom. The number of rotatable bonds is 5. The Bertz CT molecular complexity index is 1240. The second-order valence-electron chi connectivity index (χ2n) is 6.69. The van der Waals surface area contributed by atoms with E-state index in [-0.39, 0.29) is 24.7 Å². The molecule has 0 unspecified atom stereocenters. The number of hydrogen-bond acceptors (Lipinski definition) is 2. The highest BCUT2D eigenvalue weighted by molar-refractivity contribution is 5.82. The minimum absolute atomic E-state index is 0.188. The lowest BCUT2D eigenvalue weighted by atomic mass is 10.0. The number of aromatic nitrogens is 2. The maximum absolute atomic E-state index is 13.0. The molecule has 1 aromatic heterocycles. The normalized spacial score (nSPS) is 11.7. The Morgan fingerprint density at radius 2 is 1.67 bits per heavy atom. The number of benzene rings is 3. The van der Waals surface area contributed by atoms with E-state index in [0.717, 1.165) is 12.1 Å². The third kappa shape index (κ3) is 4.07. The van der Waals surface area contributed by atoms with E-state index in [1.54, 1.807) is 24.3 Å². The third-order valence-corrected chi connectivity index (χ3v) is 4.69. The van der Waals surface area contributed by atoms with Gasteiger partial charge in [-0.05, 0) is 59.7 Å². The van der Waals surface area contributed by atoms with Gasteiger partial charge in [0.25, 0.3) is 0 Å². The van der Waals surface area contributed by atoms with Crippen LogP contribution in [0, 0.1) is 5.82 Å². The summed E-state index contributed by atoms with van der Waals surface area (Å²) < 4.78 is 58.9. The lowest BCUT2D eigenvalue weighted by molar-refractivity contribution is -0.137. The summed E-state index contributed by atoms with van der Waals surface area (Å²) in [6.07, 6.45) is -4.43. The van der Waals surface area contributed by atoms with Gasteiger partial charge in [-0.1, -0.05) is 18.2 Å². The highest BCUT2D eigenvalue weighted by atomic mass is 19.4. The second kappa shape index (κ2) is 7.70. The van der Waals surface area contributed by atoms with E-state index >= 15 is 0 Å². The molecule has 0 saturated carbocycles. The second-order valence-corrected chi connectivity index (χ2v) is 6.69. The molecule has 8 heteroatoms. The summed E-state index contributed by atoms with van der Waals surface area (Å²) in [6, 6.07) is 15.6. The zero-order valence-electron chi connectivity index (χ0n) is 15.5. The van der Waals surface area contributed by atoms with Crippen molar-refractivity contribution in [1.29, 1.82) is 0 Å². The fraction of sp³-hybridized carbons (Fsp3) is 0.136. The molecule has 0 radical (unpaired) electrons. The van der Waals surface area contributed by atoms with Crippen molar-refractivity contribution in [3.05, 3.63) is 88.6 Å². The van der Waals surface area contributed by atoms with Crippen molar-refractivity contribution in [1.82, 2.24) is 9.55 Å². The summed E-state index contributed by atoms with van der Waals surface area (Å²) in [4.78, 5) is 15.0. The Kier molecular flexibility index (Phi) is 5.07. The van der Waals surface area contributed by atoms with Crippen molar-refractivity contribution in [2.24, 2.45) is 0 Å². The van der Waals surface area contributed by atoms with Gasteiger partial charge in [0.15, 0.2) is 0 Å². The largest absolute Gasteiger partial charge is 0.492 e. The average molecular weight is 416 g/mol. The van der Waals surface area contributed by atoms with Crippen LogP contribution < -0.4 is 10.4 Å². The van der Waals surface area contributed by atoms with Gasteiger partial charge < -0.3 is 9.72 Å². The first-order chi connectivity index (χ1) is 14.3. The zero-order valence-corrected chi connectivity index (χ0v) is 15.5. The quantitative estimate of drug-likeness (QED) is 0.453. The number of nitrogens with zero attached hydrogens (tertiary/aromatic N) is 1. The van der Waals surface area contributed by atoms with Gasteiger partial charge in [-0.25, -0.2) is 9.18 Å². The monoisotopic (exact) mass is 416 g/mol. The number of fused-ring (bicyclic) bond motifs is 1. The van der Waals surface area contributed by atoms with Gasteiger partial charge in [0, 0.05) is 0 Å². The first kappa shape index (κ1) is 19.8. The molecule has 4 aromatic rings. The molecule has 0 aliphatic carbocycles. The van der Waals surface area contributed by atoms with Crippen LogP contribution in [0.25, 0.3) is 22.2 Å². The molecule has 0 amide bonds. The predicted octanol–water partition coefficient (Wildman–Crippen LogP) is 5.23. The van der Waals surface area contributed by atoms with Gasteiger partial charge in [0.1, 0.15) is 18.2 Å². The molecule has 30 heavy (non-hydrogen) atoms. The van der Waals surface area contributed by atoms with E-state index < -0.39 is 11.7 Å². The zero-order chi connectivity index (χ0) is 21.3. The van der Waals surface area contributed by atoms with Crippen LogP contribution in [0.4, 0.5) is 17.6 Å². The van der Waals surface area contributed by atoms with Crippen molar-refractivity contribution < 1.29 is 22.3 Å². The number of alkyl halides is 3. The number of hydrogen-bond donors (Lipinski definition) is 1. The van der Waals surface area contributed by atoms with E-state index in [4.69, 9.17) is 4.74 Å². The van der Waals surface area contributed by atoms with Crippen molar-refractivity contribution in [3.8, 4) is 16.9 Å². The minimum atomic E-state index is -4.43. The Labute approximate surface area is 168 Å². The van der Waals surface area contributed by atoms with Gasteiger partial charge in [-0.3, -0.25) is 4.57 Å². The van der Waals surface area contributed by atoms with Crippen LogP contribution in [0.3, 0.4) is 0 Å². The van der Waals surface area contributed by atoms with Crippen LogP contribution in [0.1, 0.15) is 5.56 Å². The smallest absolute Gasteiger partial charge is 0.416 e. The summed E-state index contributed by atoms with van der Waals surface area (Å²) in [7, 11) is 0. The molecule has 3 aromatic carbocycles. The third-order valence-electron chi connectivity index (χ3n) is 4.69. The van der Waals surface area contributed by atoms with E-state index in [1.807, 2.05) is 0 Å². The molecule has 0 saturated heterocycles. The van der Waals surface area contributed by atoms with E-state index in [1.165, 1.54) is 34.9 Å². The van der Waals surface area contributed by atoms with E-state index in [2.05, 4.69) is 4.98 Å². The molecule has 0 aliphatic rings. The standard InChI is InChI=1S/C22H16F4N2O2/c23-17-5-7-18(8-6-17)30-11-10-28-20-9-4-15(13-19(20)27-21(28)29)14-2-1-3-16(12-14)22(24,25)26/h1-9,12-13H,10-11H2,(H,27,29). The lowest BCUT2D eigenvalue weighted by Gasteiger charge is -2.09. The van der Waals surface area contributed by atoms with E-state index in [0.29, 0.717) is 27.9 Å². The molecule has 1 N–H and O–H groups in total. The minimum Gasteiger partial charge on any atom is -0.492 e. The Hall–Kier alpha value is -3.55. The fourth-order valence-corrected chi connectivity index (χ4v) is 3.23. The van der Waals surface area contributed by atoms with Crippen LogP contribution in [0.5, 0.6) is 5.75 Å². The summed E-state index contributed by atoms with van der Waals surface area (Å²) in [5, 5.41) is 0. The molecular weight excluding hydrogens is 400 g/mol. The molecular formula is C22H16F4N2O2. The molecule has 0 aliphatic heterocycles. The van der Waals surface area contributed by atoms with Gasteiger partial charge in [0.05, 0.1) is 23.1 Å². The molecule has 0 spiro atoms. The van der Waals surface area contributed by atoms with Crippen LogP contribution in [-0.4, -0.2) is 16.2 Å². The Balaban J connectivity index is 1.57. The molecule has 0 fully saturated rings. The fourth-order valence-electron chi connectivity index (χ4n) is 3.23. The topological polar surface area (TPSA) is 47.0 Å². The van der Waals surface area contributed by atoms with Crippen molar-refractivity contribution in [2.75, 3.05) is 6.61 Å². The summed E-state index contributed by atoms with van der Waals surface area (Å²) >= 11 is 0. The van der Waals surface area contributed by atoms with Crippen LogP contribution in [-0.2, 0) is 12.7 Å². The summed E-state index contributed by atoms with van der Waals surface area (Å²) in [5.41, 5.74) is 0.998. The molecule has 4 nitrogen and oxygen atoms in total. The predicted molar refractivity (Wildman–Crippen MR) is 105 cm³/mol.